The Morgan fingerprint density at radius 2 is 2.29 bits per heavy atom. The molecule has 2 aromatic rings. The van der Waals surface area contributed by atoms with Gasteiger partial charge in [-0.2, -0.15) is 0 Å². The van der Waals surface area contributed by atoms with Crippen molar-refractivity contribution < 1.29 is 4.74 Å². The maximum atomic E-state index is 5.31. The van der Waals surface area contributed by atoms with Crippen molar-refractivity contribution >= 4 is 0 Å². The summed E-state index contributed by atoms with van der Waals surface area (Å²) in [6, 6.07) is 8.50. The Morgan fingerprint density at radius 1 is 1.38 bits per heavy atom. The van der Waals surface area contributed by atoms with E-state index in [2.05, 4.69) is 37.1 Å². The highest BCUT2D eigenvalue weighted by Gasteiger charge is 2.21. The van der Waals surface area contributed by atoms with Crippen LogP contribution in [0.25, 0.3) is 0 Å². The normalized spacial score (nSPS) is 16.5. The van der Waals surface area contributed by atoms with Crippen LogP contribution in [0.5, 0.6) is 5.75 Å². The Morgan fingerprint density at radius 3 is 3.10 bits per heavy atom. The van der Waals surface area contributed by atoms with Gasteiger partial charge in [-0.1, -0.05) is 12.1 Å². The molecule has 1 atom stereocenters. The monoisotopic (exact) mass is 287 g/mol. The molecule has 0 fully saturated rings. The number of aromatic nitrogens is 3. The fraction of sp³-hybridized carbons (Fsp3) is 0.467. The zero-order chi connectivity index (χ0) is 14.7. The minimum atomic E-state index is 0.273. The molecule has 21 heavy (non-hydrogen) atoms. The highest BCUT2D eigenvalue weighted by Crippen LogP contribution is 2.21. The molecule has 0 spiro atoms. The van der Waals surface area contributed by atoms with Crippen LogP contribution in [0.15, 0.2) is 30.6 Å². The van der Waals surface area contributed by atoms with Gasteiger partial charge >= 0.3 is 0 Å². The number of fused-ring (bicyclic) bond motifs is 1. The van der Waals surface area contributed by atoms with Crippen molar-refractivity contribution in [1.82, 2.24) is 25.0 Å². The van der Waals surface area contributed by atoms with Gasteiger partial charge in [-0.05, 0) is 24.7 Å². The number of hydrogen-bond acceptors (Lipinski definition) is 5. The van der Waals surface area contributed by atoms with Crippen LogP contribution < -0.4 is 10.1 Å². The van der Waals surface area contributed by atoms with E-state index in [1.54, 1.807) is 7.11 Å². The van der Waals surface area contributed by atoms with Crippen molar-refractivity contribution in [1.29, 1.82) is 0 Å². The van der Waals surface area contributed by atoms with E-state index in [-0.39, 0.29) is 6.04 Å². The molecule has 112 valence electrons. The molecule has 6 heteroatoms. The second-order valence-corrected chi connectivity index (χ2v) is 5.29. The van der Waals surface area contributed by atoms with E-state index in [1.165, 1.54) is 5.56 Å². The van der Waals surface area contributed by atoms with E-state index in [4.69, 9.17) is 4.74 Å². The van der Waals surface area contributed by atoms with Crippen molar-refractivity contribution in [3.8, 4) is 5.75 Å². The topological polar surface area (TPSA) is 55.2 Å². The van der Waals surface area contributed by atoms with Gasteiger partial charge in [-0.3, -0.25) is 4.90 Å². The molecule has 1 unspecified atom stereocenters. The quantitative estimate of drug-likeness (QED) is 0.891. The fourth-order valence-corrected chi connectivity index (χ4v) is 2.75. The number of benzene rings is 1. The molecule has 0 radical (unpaired) electrons. The van der Waals surface area contributed by atoms with Crippen molar-refractivity contribution in [2.75, 3.05) is 27.2 Å². The SMILES string of the molecule is CNC(CN1CCn2cnnc2C1)c1cccc(OC)c1. The zero-order valence-electron chi connectivity index (χ0n) is 12.5. The van der Waals surface area contributed by atoms with Crippen molar-refractivity contribution in [2.45, 2.75) is 19.1 Å². The largest absolute Gasteiger partial charge is 0.497 e. The Labute approximate surface area is 124 Å². The van der Waals surface area contributed by atoms with Gasteiger partial charge in [0.05, 0.1) is 13.7 Å². The van der Waals surface area contributed by atoms with Crippen molar-refractivity contribution in [3.05, 3.63) is 42.0 Å². The number of nitrogens with zero attached hydrogens (tertiary/aromatic N) is 4. The molecule has 1 aromatic heterocycles. The molecular formula is C15H21N5O. The van der Waals surface area contributed by atoms with E-state index < -0.39 is 0 Å². The van der Waals surface area contributed by atoms with E-state index in [9.17, 15) is 0 Å². The standard InChI is InChI=1S/C15H21N5O/c1-16-14(12-4-3-5-13(8-12)21-2)9-19-6-7-20-11-17-18-15(20)10-19/h3-5,8,11,14,16H,6-7,9-10H2,1-2H3. The second kappa shape index (κ2) is 6.24. The first kappa shape index (κ1) is 14.0. The van der Waals surface area contributed by atoms with Gasteiger partial charge < -0.3 is 14.6 Å². The highest BCUT2D eigenvalue weighted by molar-refractivity contribution is 5.30. The summed E-state index contributed by atoms with van der Waals surface area (Å²) in [5.74, 6) is 1.94. The van der Waals surface area contributed by atoms with Crippen molar-refractivity contribution in [2.24, 2.45) is 0 Å². The van der Waals surface area contributed by atoms with Crippen molar-refractivity contribution in [3.63, 3.8) is 0 Å². The lowest BCUT2D eigenvalue weighted by Crippen LogP contribution is -2.39. The van der Waals surface area contributed by atoms with Crippen LogP contribution in [-0.4, -0.2) is 46.9 Å². The second-order valence-electron chi connectivity index (χ2n) is 5.29. The Balaban J connectivity index is 1.70. The van der Waals surface area contributed by atoms with Gasteiger partial charge in [-0.25, -0.2) is 0 Å². The van der Waals surface area contributed by atoms with Gasteiger partial charge in [0.1, 0.15) is 17.9 Å². The molecule has 1 aliphatic heterocycles. The minimum absolute atomic E-state index is 0.273. The summed E-state index contributed by atoms with van der Waals surface area (Å²) in [5.41, 5.74) is 1.24. The maximum absolute atomic E-state index is 5.31. The third-order valence-corrected chi connectivity index (χ3v) is 4.00. The van der Waals surface area contributed by atoms with Crippen LogP contribution in [0.2, 0.25) is 0 Å². The average molecular weight is 287 g/mol. The predicted molar refractivity (Wildman–Crippen MR) is 80.1 cm³/mol. The first-order valence-corrected chi connectivity index (χ1v) is 7.20. The minimum Gasteiger partial charge on any atom is -0.497 e. The Bertz CT molecular complexity index is 597. The third-order valence-electron chi connectivity index (χ3n) is 4.00. The molecule has 3 rings (SSSR count). The average Bonchev–Trinajstić information content (AvgIpc) is 3.00. The van der Waals surface area contributed by atoms with Gasteiger partial charge in [0.2, 0.25) is 0 Å². The van der Waals surface area contributed by atoms with Crippen LogP contribution >= 0.6 is 0 Å². The van der Waals surface area contributed by atoms with Crippen LogP contribution in [0.4, 0.5) is 0 Å². The van der Waals surface area contributed by atoms with Gasteiger partial charge in [-0.15, -0.1) is 10.2 Å². The lowest BCUT2D eigenvalue weighted by atomic mass is 10.1. The van der Waals surface area contributed by atoms with Crippen LogP contribution in [0, 0.1) is 0 Å². The van der Waals surface area contributed by atoms with Gasteiger partial charge in [0.25, 0.3) is 0 Å². The molecule has 0 amide bonds. The van der Waals surface area contributed by atoms with Gasteiger partial charge in [0, 0.05) is 25.7 Å². The molecule has 0 bridgehead atoms. The predicted octanol–water partition coefficient (Wildman–Crippen LogP) is 1.06. The van der Waals surface area contributed by atoms with E-state index in [0.29, 0.717) is 0 Å². The van der Waals surface area contributed by atoms with Crippen LogP contribution in [0.3, 0.4) is 0 Å². The molecule has 1 aromatic carbocycles. The first-order chi connectivity index (χ1) is 10.3. The Hall–Kier alpha value is -1.92. The summed E-state index contributed by atoms with van der Waals surface area (Å²) >= 11 is 0. The smallest absolute Gasteiger partial charge is 0.147 e. The van der Waals surface area contributed by atoms with E-state index >= 15 is 0 Å². The summed E-state index contributed by atoms with van der Waals surface area (Å²) in [5, 5.41) is 11.5. The molecular weight excluding hydrogens is 266 g/mol. The summed E-state index contributed by atoms with van der Waals surface area (Å²) in [6.07, 6.45) is 1.81. The third kappa shape index (κ3) is 3.06. The van der Waals surface area contributed by atoms with E-state index in [0.717, 1.165) is 37.8 Å². The van der Waals surface area contributed by atoms with Crippen LogP contribution in [-0.2, 0) is 13.1 Å². The number of ether oxygens (including phenoxy) is 1. The fourth-order valence-electron chi connectivity index (χ4n) is 2.75. The lowest BCUT2D eigenvalue weighted by Gasteiger charge is -2.30. The number of likely N-dealkylation sites (N-methyl/N-ethyl adjacent to an activating group) is 1. The summed E-state index contributed by atoms with van der Waals surface area (Å²) < 4.78 is 7.43. The molecule has 1 N–H and O–H groups in total. The summed E-state index contributed by atoms with van der Waals surface area (Å²) in [4.78, 5) is 2.41. The number of rotatable bonds is 5. The lowest BCUT2D eigenvalue weighted by molar-refractivity contribution is 0.197. The van der Waals surface area contributed by atoms with Crippen LogP contribution in [0.1, 0.15) is 17.4 Å². The zero-order valence-corrected chi connectivity index (χ0v) is 12.5. The number of methoxy groups -OCH3 is 1. The summed E-state index contributed by atoms with van der Waals surface area (Å²) in [6.45, 7) is 3.77. The molecule has 0 saturated carbocycles. The molecule has 1 aliphatic rings. The van der Waals surface area contributed by atoms with E-state index in [1.807, 2.05) is 25.5 Å². The molecule has 2 heterocycles. The molecule has 0 aliphatic carbocycles. The van der Waals surface area contributed by atoms with Gasteiger partial charge in [0.15, 0.2) is 0 Å². The summed E-state index contributed by atoms with van der Waals surface area (Å²) in [7, 11) is 3.70. The number of nitrogens with one attached hydrogen (secondary N) is 1. The number of hydrogen-bond donors (Lipinski definition) is 1. The molecule has 0 saturated heterocycles. The maximum Gasteiger partial charge on any atom is 0.147 e. The highest BCUT2D eigenvalue weighted by atomic mass is 16.5. The Kier molecular flexibility index (Phi) is 4.17. The first-order valence-electron chi connectivity index (χ1n) is 7.20. The molecule has 6 nitrogen and oxygen atoms in total.